The lowest BCUT2D eigenvalue weighted by Crippen LogP contribution is -2.67. The number of esters is 1. The lowest BCUT2D eigenvalue weighted by Gasteiger charge is -2.41. The summed E-state index contributed by atoms with van der Waals surface area (Å²) in [6.45, 7) is 21.9. The number of nitrogens with zero attached hydrogens (tertiary/aromatic N) is 6. The van der Waals surface area contributed by atoms with Crippen LogP contribution in [0.25, 0.3) is 27.7 Å². The minimum atomic E-state index is -2.20. The van der Waals surface area contributed by atoms with E-state index >= 15 is 0 Å². The van der Waals surface area contributed by atoms with E-state index in [1.165, 1.54) is 16.3 Å². The maximum atomic E-state index is 14.4. The number of hydrogen-bond donors (Lipinski definition) is 3. The first-order valence-corrected chi connectivity index (χ1v) is 24.7. The van der Waals surface area contributed by atoms with E-state index in [0.29, 0.717) is 49.6 Å². The van der Waals surface area contributed by atoms with Crippen LogP contribution in [0.4, 0.5) is 0 Å². The van der Waals surface area contributed by atoms with Gasteiger partial charge in [0.15, 0.2) is 0 Å². The van der Waals surface area contributed by atoms with Gasteiger partial charge in [0.1, 0.15) is 6.04 Å². The molecule has 7 rings (SSSR count). The van der Waals surface area contributed by atoms with E-state index < -0.39 is 35.0 Å². The molecule has 366 valence electrons. The number of aromatic nitrogens is 2. The van der Waals surface area contributed by atoms with E-state index in [9.17, 15) is 24.3 Å². The zero-order chi connectivity index (χ0) is 49.0. The molecule has 4 aliphatic rings. The van der Waals surface area contributed by atoms with Crippen LogP contribution in [0.3, 0.4) is 0 Å². The monoisotopic (exact) mass is 952 g/mol. The quantitative estimate of drug-likeness (QED) is 0.0933. The van der Waals surface area contributed by atoms with Gasteiger partial charge in [0, 0.05) is 105 Å². The van der Waals surface area contributed by atoms with E-state index in [1.807, 2.05) is 59.1 Å². The zero-order valence-corrected chi connectivity index (χ0v) is 41.7. The van der Waals surface area contributed by atoms with Gasteiger partial charge in [-0.05, 0) is 83.9 Å². The number of hydrogen-bond acceptors (Lipinski definition) is 13. The fourth-order valence-corrected chi connectivity index (χ4v) is 10.2. The number of aryl methyl sites for hydroxylation is 1. The van der Waals surface area contributed by atoms with Gasteiger partial charge in [-0.2, -0.15) is 5.43 Å². The highest BCUT2D eigenvalue weighted by Gasteiger charge is 2.45. The molecule has 16 nitrogen and oxygen atoms in total. The van der Waals surface area contributed by atoms with Crippen molar-refractivity contribution in [2.75, 3.05) is 53.0 Å². The summed E-state index contributed by atoms with van der Waals surface area (Å²) in [5.41, 5.74) is 5.63. The number of rotatable bonds is 12. The number of amides is 3. The number of methoxy groups -OCH3 is 1. The molecule has 0 unspecified atom stereocenters. The molecular weight excluding hydrogens is 885 g/mol. The molecule has 0 aliphatic carbocycles. The minimum absolute atomic E-state index is 0.0103. The number of thiazole rings is 1. The molecule has 4 aliphatic heterocycles. The van der Waals surface area contributed by atoms with Crippen LogP contribution in [0, 0.1) is 17.3 Å². The van der Waals surface area contributed by atoms with Crippen molar-refractivity contribution < 1.29 is 38.5 Å². The summed E-state index contributed by atoms with van der Waals surface area (Å²) in [6.07, 6.45) is 5.53. The van der Waals surface area contributed by atoms with Gasteiger partial charge in [-0.15, -0.1) is 11.3 Å². The molecule has 3 aromatic rings. The van der Waals surface area contributed by atoms with E-state index in [4.69, 9.17) is 24.2 Å². The number of carbonyl (C=O) groups excluding carboxylic acids is 4. The van der Waals surface area contributed by atoms with Crippen LogP contribution in [0.15, 0.2) is 46.9 Å². The first-order valence-electron chi connectivity index (χ1n) is 23.9. The number of hydrazine groups is 1. The standard InChI is InChI=1S/C51H68N8O8S/c1-10-36(45(52-11-2)33(4)65-9)46-38-29-49(5,6)32-67-48(63)51(64)20-13-24-59(55-51)47(62)39(28-43-54-40(31-68-43)34-15-16-41(37(38)27-34)58(46)12-3)53-42(60)19-26-66-35-18-25-56(30-35)44(61)17-21-50(7,8)57-22-14-23-57/h10-11,15-16,27,31,33,35,39,55,64H,1,12-14,18-20,22-26,28-30,32H2,2-9H3,(H,53,60)/b45-36+,52-11-/t33-,35-,39-,51-/m0/s1. The summed E-state index contributed by atoms with van der Waals surface area (Å²) < 4.78 is 20.1. The van der Waals surface area contributed by atoms with E-state index in [2.05, 4.69) is 57.7 Å². The largest absolute Gasteiger partial charge is 0.462 e. The van der Waals surface area contributed by atoms with Crippen molar-refractivity contribution in [2.24, 2.45) is 10.4 Å². The number of aliphatic hydroxyl groups is 1. The molecular formula is C51H68N8O8S. The van der Waals surface area contributed by atoms with Crippen LogP contribution in [-0.2, 0) is 52.8 Å². The SMILES string of the molecule is C=C/C(=C(\N=C/C)[C@H](C)OC)c1c2c3cc(ccc3n1CC)-c1csc(n1)C[C@H](NC(=O)CCO[C@H]1CCN(C(=O)C#CC(C)(C)N3CCC3)C1)C(=O)N1CCC[C@@](O)(N1)C(=O)OCC(C)(C)C2. The summed E-state index contributed by atoms with van der Waals surface area (Å²) in [5.74, 6) is 3.88. The second-order valence-electron chi connectivity index (χ2n) is 19.4. The summed E-state index contributed by atoms with van der Waals surface area (Å²) in [7, 11) is 1.65. The fraction of sp³-hybridized carbons (Fsp3) is 0.569. The Kier molecular flexibility index (Phi) is 15.8. The van der Waals surface area contributed by atoms with Crippen LogP contribution in [-0.4, -0.2) is 142 Å². The third kappa shape index (κ3) is 11.1. The van der Waals surface area contributed by atoms with Gasteiger partial charge in [-0.1, -0.05) is 38.5 Å². The molecule has 3 saturated heterocycles. The van der Waals surface area contributed by atoms with Crippen molar-refractivity contribution in [2.45, 2.75) is 129 Å². The van der Waals surface area contributed by atoms with Crippen molar-refractivity contribution in [1.29, 1.82) is 0 Å². The number of allylic oxidation sites excluding steroid dienone is 2. The maximum absolute atomic E-state index is 14.4. The normalized spacial score (nSPS) is 23.3. The Hall–Kier alpha value is -5.22. The number of nitrogens with one attached hydrogen (secondary N) is 2. The number of ether oxygens (including phenoxy) is 3. The van der Waals surface area contributed by atoms with E-state index in [-0.39, 0.29) is 62.7 Å². The van der Waals surface area contributed by atoms with Crippen LogP contribution < -0.4 is 10.7 Å². The predicted octanol–water partition coefficient (Wildman–Crippen LogP) is 5.27. The highest BCUT2D eigenvalue weighted by Crippen LogP contribution is 2.40. The molecule has 17 heteroatoms. The number of likely N-dealkylation sites (tertiary alicyclic amines) is 2. The number of cyclic esters (lactones) is 1. The summed E-state index contributed by atoms with van der Waals surface area (Å²) >= 11 is 1.38. The smallest absolute Gasteiger partial charge is 0.355 e. The van der Waals surface area contributed by atoms with E-state index in [0.717, 1.165) is 58.5 Å². The summed E-state index contributed by atoms with van der Waals surface area (Å²) in [4.78, 5) is 68.6. The molecule has 0 radical (unpaired) electrons. The second-order valence-corrected chi connectivity index (χ2v) is 20.4. The van der Waals surface area contributed by atoms with Crippen molar-refractivity contribution in [3.63, 3.8) is 0 Å². The lowest BCUT2D eigenvalue weighted by molar-refractivity contribution is -0.189. The lowest BCUT2D eigenvalue weighted by atomic mass is 9.84. The number of benzene rings is 1. The van der Waals surface area contributed by atoms with E-state index in [1.54, 1.807) is 18.2 Å². The number of fused-ring (bicyclic) bond motifs is 6. The molecule has 2 aromatic heterocycles. The average molecular weight is 953 g/mol. The molecule has 1 aromatic carbocycles. The molecule has 68 heavy (non-hydrogen) atoms. The van der Waals surface area contributed by atoms with Crippen LogP contribution in [0.5, 0.6) is 0 Å². The van der Waals surface area contributed by atoms with Gasteiger partial charge in [-0.3, -0.25) is 29.3 Å². The molecule has 6 bridgehead atoms. The predicted molar refractivity (Wildman–Crippen MR) is 263 cm³/mol. The third-order valence-electron chi connectivity index (χ3n) is 13.4. The minimum Gasteiger partial charge on any atom is -0.462 e. The summed E-state index contributed by atoms with van der Waals surface area (Å²) in [6, 6.07) is 5.15. The number of carbonyl (C=O) groups is 4. The topological polar surface area (TPSA) is 180 Å². The molecule has 3 amide bonds. The zero-order valence-electron chi connectivity index (χ0n) is 40.9. The fourth-order valence-electron chi connectivity index (χ4n) is 9.39. The van der Waals surface area contributed by atoms with Gasteiger partial charge in [0.25, 0.3) is 11.8 Å². The van der Waals surface area contributed by atoms with Gasteiger partial charge < -0.3 is 34.1 Å². The second kappa shape index (κ2) is 21.2. The Morgan fingerprint density at radius 3 is 2.68 bits per heavy atom. The van der Waals surface area contributed by atoms with Crippen LogP contribution in [0.2, 0.25) is 0 Å². The molecule has 3 fully saturated rings. The van der Waals surface area contributed by atoms with Gasteiger partial charge in [-0.25, -0.2) is 9.78 Å². The highest BCUT2D eigenvalue weighted by molar-refractivity contribution is 7.10. The van der Waals surface area contributed by atoms with Crippen molar-refractivity contribution in [3.05, 3.63) is 58.2 Å². The Labute approximate surface area is 404 Å². The number of aliphatic imine (C=N–C) groups is 1. The first kappa shape index (κ1) is 50.7. The van der Waals surface area contributed by atoms with Crippen molar-refractivity contribution in [1.82, 2.24) is 35.1 Å². The van der Waals surface area contributed by atoms with Crippen molar-refractivity contribution in [3.8, 4) is 23.1 Å². The van der Waals surface area contributed by atoms with Gasteiger partial charge in [0.2, 0.25) is 11.6 Å². The Morgan fingerprint density at radius 1 is 1.21 bits per heavy atom. The van der Waals surface area contributed by atoms with Crippen molar-refractivity contribution >= 4 is 57.7 Å². The molecule has 4 atom stereocenters. The Morgan fingerprint density at radius 2 is 1.99 bits per heavy atom. The Bertz CT molecular complexity index is 2530. The van der Waals surface area contributed by atoms with Gasteiger partial charge >= 0.3 is 5.97 Å². The average Bonchev–Trinajstić information content (AvgIpc) is 4.04. The highest BCUT2D eigenvalue weighted by atomic mass is 32.1. The molecule has 0 saturated carbocycles. The maximum Gasteiger partial charge on any atom is 0.355 e. The third-order valence-corrected chi connectivity index (χ3v) is 14.3. The molecule has 3 N–H and O–H groups in total. The summed E-state index contributed by atoms with van der Waals surface area (Å²) in [5, 5.41) is 19.4. The van der Waals surface area contributed by atoms with Gasteiger partial charge in [0.05, 0.1) is 53.1 Å². The molecule has 6 heterocycles. The van der Waals surface area contributed by atoms with Crippen LogP contribution in [0.1, 0.15) is 96.8 Å². The van der Waals surface area contributed by atoms with Crippen LogP contribution >= 0.6 is 11.3 Å². The molecule has 0 spiro atoms. The first-order chi connectivity index (χ1) is 32.4. The Balaban J connectivity index is 1.16.